The van der Waals surface area contributed by atoms with E-state index in [2.05, 4.69) is 0 Å². The summed E-state index contributed by atoms with van der Waals surface area (Å²) in [4.78, 5) is 37.6. The zero-order valence-corrected chi connectivity index (χ0v) is 13.6. The molecule has 0 spiro atoms. The lowest BCUT2D eigenvalue weighted by molar-refractivity contribution is -0.152. The highest BCUT2D eigenvalue weighted by Gasteiger charge is 2.31. The highest BCUT2D eigenvalue weighted by molar-refractivity contribution is 5.84. The number of imidazole rings is 1. The van der Waals surface area contributed by atoms with E-state index in [4.69, 9.17) is 0 Å². The average molecular weight is 331 g/mol. The monoisotopic (exact) mass is 331 g/mol. The molecule has 1 N–H and O–H groups in total. The summed E-state index contributed by atoms with van der Waals surface area (Å²) in [6.07, 6.45) is 2.26. The number of aliphatic carboxylic acids is 1. The number of carboxylic acid groups (broad SMARTS) is 1. The van der Waals surface area contributed by atoms with Crippen molar-refractivity contribution in [3.05, 3.63) is 34.7 Å². The van der Waals surface area contributed by atoms with Crippen LogP contribution in [-0.4, -0.2) is 43.6 Å². The van der Waals surface area contributed by atoms with Gasteiger partial charge in [-0.1, -0.05) is 12.1 Å². The van der Waals surface area contributed by atoms with E-state index >= 15 is 0 Å². The van der Waals surface area contributed by atoms with Crippen LogP contribution in [0.5, 0.6) is 0 Å². The standard InChI is InChI=1S/C17H21N3O4/c1-18-12-6-2-3-7-13(12)20(17(18)24)11-9-15(21)19-10-5-4-8-14(19)16(22)23/h2-3,6-7,14H,4-5,8-11H2,1H3,(H,22,23). The van der Waals surface area contributed by atoms with Gasteiger partial charge in [-0.2, -0.15) is 0 Å². The number of fused-ring (bicyclic) bond motifs is 1. The Labute approximate surface area is 139 Å². The van der Waals surface area contributed by atoms with Crippen molar-refractivity contribution in [2.45, 2.75) is 38.3 Å². The Morgan fingerprint density at radius 2 is 1.92 bits per heavy atom. The van der Waals surface area contributed by atoms with Gasteiger partial charge in [0, 0.05) is 26.6 Å². The molecule has 1 aliphatic heterocycles. The molecular formula is C17H21N3O4. The molecule has 0 aliphatic carbocycles. The zero-order valence-electron chi connectivity index (χ0n) is 13.6. The third-order valence-corrected chi connectivity index (χ3v) is 4.71. The van der Waals surface area contributed by atoms with Gasteiger partial charge in [0.2, 0.25) is 5.91 Å². The summed E-state index contributed by atoms with van der Waals surface area (Å²) in [5, 5.41) is 9.28. The van der Waals surface area contributed by atoms with Crippen LogP contribution in [0.4, 0.5) is 0 Å². The number of piperidine rings is 1. The molecule has 24 heavy (non-hydrogen) atoms. The van der Waals surface area contributed by atoms with Gasteiger partial charge in [-0.15, -0.1) is 0 Å². The molecule has 1 unspecified atom stereocenters. The van der Waals surface area contributed by atoms with Gasteiger partial charge in [-0.3, -0.25) is 13.9 Å². The van der Waals surface area contributed by atoms with Crippen molar-refractivity contribution < 1.29 is 14.7 Å². The summed E-state index contributed by atoms with van der Waals surface area (Å²) in [6, 6.07) is 6.69. The van der Waals surface area contributed by atoms with Crippen molar-refractivity contribution in [3.8, 4) is 0 Å². The number of para-hydroxylation sites is 2. The van der Waals surface area contributed by atoms with E-state index in [1.807, 2.05) is 24.3 Å². The Bertz CT molecular complexity index is 836. The molecule has 1 saturated heterocycles. The van der Waals surface area contributed by atoms with Crippen LogP contribution in [0.3, 0.4) is 0 Å². The molecule has 2 heterocycles. The molecule has 0 saturated carbocycles. The largest absolute Gasteiger partial charge is 0.480 e. The molecule has 3 rings (SSSR count). The normalized spacial score (nSPS) is 18.0. The Hall–Kier alpha value is -2.57. The number of aryl methyl sites for hydroxylation is 2. The highest BCUT2D eigenvalue weighted by atomic mass is 16.4. The lowest BCUT2D eigenvalue weighted by atomic mass is 10.0. The van der Waals surface area contributed by atoms with E-state index in [1.165, 1.54) is 4.90 Å². The van der Waals surface area contributed by atoms with Crippen molar-refractivity contribution in [2.75, 3.05) is 6.54 Å². The van der Waals surface area contributed by atoms with Gasteiger partial charge >= 0.3 is 11.7 Å². The molecule has 1 fully saturated rings. The van der Waals surface area contributed by atoms with Gasteiger partial charge in [-0.25, -0.2) is 9.59 Å². The molecule has 1 atom stereocenters. The van der Waals surface area contributed by atoms with Crippen LogP contribution >= 0.6 is 0 Å². The van der Waals surface area contributed by atoms with Crippen molar-refractivity contribution in [3.63, 3.8) is 0 Å². The minimum absolute atomic E-state index is 0.123. The third-order valence-electron chi connectivity index (χ3n) is 4.71. The number of carbonyl (C=O) groups excluding carboxylic acids is 1. The molecule has 7 nitrogen and oxygen atoms in total. The first-order valence-electron chi connectivity index (χ1n) is 8.17. The van der Waals surface area contributed by atoms with E-state index in [1.54, 1.807) is 16.2 Å². The van der Waals surface area contributed by atoms with Crippen LogP contribution in [0.15, 0.2) is 29.1 Å². The maximum atomic E-state index is 12.5. The summed E-state index contributed by atoms with van der Waals surface area (Å²) in [5.74, 6) is -1.16. The maximum absolute atomic E-state index is 12.5. The number of benzene rings is 1. The summed E-state index contributed by atoms with van der Waals surface area (Å²) >= 11 is 0. The Kier molecular flexibility index (Phi) is 4.42. The molecule has 1 aliphatic rings. The van der Waals surface area contributed by atoms with Gasteiger partial charge < -0.3 is 10.0 Å². The van der Waals surface area contributed by atoms with Crippen LogP contribution < -0.4 is 5.69 Å². The highest BCUT2D eigenvalue weighted by Crippen LogP contribution is 2.19. The molecule has 7 heteroatoms. The first kappa shape index (κ1) is 16.3. The first-order chi connectivity index (χ1) is 11.5. The number of hydrogen-bond acceptors (Lipinski definition) is 3. The lowest BCUT2D eigenvalue weighted by Crippen LogP contribution is -2.48. The van der Waals surface area contributed by atoms with Crippen molar-refractivity contribution in [1.29, 1.82) is 0 Å². The summed E-state index contributed by atoms with van der Waals surface area (Å²) < 4.78 is 3.13. The van der Waals surface area contributed by atoms with E-state index < -0.39 is 12.0 Å². The fraction of sp³-hybridized carbons (Fsp3) is 0.471. The number of aromatic nitrogens is 2. The Morgan fingerprint density at radius 1 is 1.21 bits per heavy atom. The fourth-order valence-electron chi connectivity index (χ4n) is 3.42. The van der Waals surface area contributed by atoms with Crippen LogP contribution in [0, 0.1) is 0 Å². The van der Waals surface area contributed by atoms with Crippen LogP contribution in [0.1, 0.15) is 25.7 Å². The molecule has 0 bridgehead atoms. The van der Waals surface area contributed by atoms with E-state index in [9.17, 15) is 19.5 Å². The van der Waals surface area contributed by atoms with Gasteiger partial charge in [0.25, 0.3) is 0 Å². The minimum Gasteiger partial charge on any atom is -0.480 e. The lowest BCUT2D eigenvalue weighted by Gasteiger charge is -2.33. The molecule has 1 amide bonds. The second-order valence-corrected chi connectivity index (χ2v) is 6.17. The number of likely N-dealkylation sites (tertiary alicyclic amines) is 1. The molecular weight excluding hydrogens is 310 g/mol. The summed E-state index contributed by atoms with van der Waals surface area (Å²) in [5.41, 5.74) is 1.43. The predicted molar refractivity (Wildman–Crippen MR) is 88.8 cm³/mol. The molecule has 1 aromatic carbocycles. The maximum Gasteiger partial charge on any atom is 0.328 e. The van der Waals surface area contributed by atoms with Crippen LogP contribution in [0.25, 0.3) is 11.0 Å². The van der Waals surface area contributed by atoms with Crippen molar-refractivity contribution >= 4 is 22.9 Å². The quantitative estimate of drug-likeness (QED) is 0.912. The van der Waals surface area contributed by atoms with E-state index in [0.717, 1.165) is 23.9 Å². The minimum atomic E-state index is -0.953. The fourth-order valence-corrected chi connectivity index (χ4v) is 3.42. The number of nitrogens with zero attached hydrogens (tertiary/aromatic N) is 3. The van der Waals surface area contributed by atoms with Gasteiger partial charge in [0.05, 0.1) is 11.0 Å². The number of carboxylic acids is 1. The number of rotatable bonds is 4. The van der Waals surface area contributed by atoms with Crippen molar-refractivity contribution in [1.82, 2.24) is 14.0 Å². The second-order valence-electron chi connectivity index (χ2n) is 6.17. The Balaban J connectivity index is 1.78. The van der Waals surface area contributed by atoms with Gasteiger partial charge in [-0.05, 0) is 31.4 Å². The number of carbonyl (C=O) groups is 2. The number of amides is 1. The van der Waals surface area contributed by atoms with Crippen LogP contribution in [0.2, 0.25) is 0 Å². The van der Waals surface area contributed by atoms with Gasteiger partial charge in [0.1, 0.15) is 6.04 Å². The zero-order chi connectivity index (χ0) is 17.3. The second kappa shape index (κ2) is 6.51. The molecule has 128 valence electrons. The molecule has 2 aromatic rings. The SMILES string of the molecule is Cn1c(=O)n(CCC(=O)N2CCCCC2C(=O)O)c2ccccc21. The smallest absolute Gasteiger partial charge is 0.328 e. The predicted octanol–water partition coefficient (Wildman–Crippen LogP) is 1.20. The van der Waals surface area contributed by atoms with Crippen molar-refractivity contribution in [2.24, 2.45) is 7.05 Å². The average Bonchev–Trinajstić information content (AvgIpc) is 2.84. The third kappa shape index (κ3) is 2.81. The van der Waals surface area contributed by atoms with E-state index in [0.29, 0.717) is 13.0 Å². The molecule has 1 aromatic heterocycles. The number of hydrogen-bond donors (Lipinski definition) is 1. The van der Waals surface area contributed by atoms with Crippen LogP contribution in [-0.2, 0) is 23.2 Å². The Morgan fingerprint density at radius 3 is 2.62 bits per heavy atom. The first-order valence-corrected chi connectivity index (χ1v) is 8.17. The molecule has 0 radical (unpaired) electrons. The summed E-state index contributed by atoms with van der Waals surface area (Å²) in [6.45, 7) is 0.724. The van der Waals surface area contributed by atoms with E-state index in [-0.39, 0.29) is 24.6 Å². The topological polar surface area (TPSA) is 84.5 Å². The van der Waals surface area contributed by atoms with Gasteiger partial charge in [0.15, 0.2) is 0 Å². The summed E-state index contributed by atoms with van der Waals surface area (Å²) in [7, 11) is 1.70.